The van der Waals surface area contributed by atoms with Gasteiger partial charge in [-0.1, -0.05) is 182 Å². The van der Waals surface area contributed by atoms with E-state index < -0.39 is 72.6 Å². The lowest BCUT2D eigenvalue weighted by molar-refractivity contribution is -0.379. The highest BCUT2D eigenvalue weighted by molar-refractivity contribution is 5.49. The highest BCUT2D eigenvalue weighted by atomic mass is 16.8. The van der Waals surface area contributed by atoms with Gasteiger partial charge in [0.1, 0.15) is 60.0 Å². The van der Waals surface area contributed by atoms with Crippen LogP contribution >= 0.6 is 0 Å². The number of benzene rings is 6. The second kappa shape index (κ2) is 18.9. The molecule has 2 aliphatic rings. The van der Waals surface area contributed by atoms with Crippen LogP contribution in [0, 0.1) is 0 Å². The van der Waals surface area contributed by atoms with Crippen LogP contribution in [0.25, 0.3) is 0 Å². The Hall–Kier alpha value is -5.12. The monoisotopic (exact) mass is 826 g/mol. The van der Waals surface area contributed by atoms with Crippen molar-refractivity contribution in [3.05, 3.63) is 215 Å². The summed E-state index contributed by atoms with van der Waals surface area (Å²) >= 11 is 0. The molecule has 6 N–H and O–H groups in total. The van der Waals surface area contributed by atoms with E-state index >= 15 is 0 Å². The Morgan fingerprint density at radius 2 is 0.557 bits per heavy atom. The normalized spacial score (nSPS) is 27.0. The van der Waals surface area contributed by atoms with Crippen molar-refractivity contribution in [1.29, 1.82) is 0 Å². The van der Waals surface area contributed by atoms with E-state index in [9.17, 15) is 30.6 Å². The molecule has 0 amide bonds. The Bertz CT molecular complexity index is 1880. The molecule has 0 aliphatic carbocycles. The van der Waals surface area contributed by atoms with Gasteiger partial charge in [0.2, 0.25) is 0 Å². The van der Waals surface area contributed by atoms with Crippen molar-refractivity contribution >= 4 is 0 Å². The maximum Gasteiger partial charge on any atom is 0.189 e. The summed E-state index contributed by atoms with van der Waals surface area (Å²) in [5.74, 6) is 0. The molecule has 6 aromatic rings. The van der Waals surface area contributed by atoms with Crippen LogP contribution in [0.4, 0.5) is 0 Å². The zero-order valence-electron chi connectivity index (χ0n) is 33.2. The van der Waals surface area contributed by atoms with Crippen LogP contribution in [0.3, 0.4) is 0 Å². The Morgan fingerprint density at radius 3 is 0.787 bits per heavy atom. The van der Waals surface area contributed by atoms with Gasteiger partial charge in [-0.25, -0.2) is 0 Å². The van der Waals surface area contributed by atoms with Gasteiger partial charge in [-0.15, -0.1) is 0 Å². The van der Waals surface area contributed by atoms with Crippen molar-refractivity contribution in [3.8, 4) is 0 Å². The van der Waals surface area contributed by atoms with Gasteiger partial charge in [-0.3, -0.25) is 0 Å². The zero-order valence-corrected chi connectivity index (χ0v) is 33.2. The van der Waals surface area contributed by atoms with Gasteiger partial charge in [0, 0.05) is 0 Å². The lowest BCUT2D eigenvalue weighted by atomic mass is 9.80. The Morgan fingerprint density at radius 1 is 0.328 bits per heavy atom. The van der Waals surface area contributed by atoms with E-state index in [0.29, 0.717) is 0 Å². The number of hydrogen-bond acceptors (Lipinski definition) is 11. The first-order valence-electron chi connectivity index (χ1n) is 20.4. The van der Waals surface area contributed by atoms with Crippen LogP contribution in [-0.4, -0.2) is 105 Å². The van der Waals surface area contributed by atoms with E-state index in [4.69, 9.17) is 23.7 Å². The molecular weight excluding hydrogens is 777 g/mol. The first kappa shape index (κ1) is 42.6. The SMILES string of the molecule is O[C@@H]1[C@@H](O)[C@@H](O[C@H]2O[C@H](COC(c3ccccc3)(c3ccccc3)c3ccccc3)[C@@H](O)[C@H](O)[C@H]2O)O[C@H](COC(c2ccccc2)(c2ccccc2)c2ccccc2)[C@H]1O. The smallest absolute Gasteiger partial charge is 0.189 e. The third-order valence-corrected chi connectivity index (χ3v) is 11.6. The van der Waals surface area contributed by atoms with Gasteiger partial charge in [-0.05, 0) is 33.4 Å². The molecule has 2 fully saturated rings. The maximum absolute atomic E-state index is 11.3. The molecule has 0 spiro atoms. The fraction of sp³-hybridized carbons (Fsp3) is 0.280. The third-order valence-electron chi connectivity index (χ3n) is 11.6. The largest absolute Gasteiger partial charge is 0.387 e. The van der Waals surface area contributed by atoms with Gasteiger partial charge in [0.05, 0.1) is 13.2 Å². The van der Waals surface area contributed by atoms with Crippen LogP contribution in [0.1, 0.15) is 33.4 Å². The summed E-state index contributed by atoms with van der Waals surface area (Å²) in [6, 6.07) is 57.5. The van der Waals surface area contributed by atoms with Crippen molar-refractivity contribution in [2.24, 2.45) is 0 Å². The molecule has 0 aromatic heterocycles. The molecule has 2 aliphatic heterocycles. The summed E-state index contributed by atoms with van der Waals surface area (Å²) in [5.41, 5.74) is 2.36. The van der Waals surface area contributed by atoms with Crippen molar-refractivity contribution in [3.63, 3.8) is 0 Å². The fourth-order valence-corrected chi connectivity index (χ4v) is 8.42. The molecule has 11 nitrogen and oxygen atoms in total. The van der Waals surface area contributed by atoms with Crippen molar-refractivity contribution < 1.29 is 54.3 Å². The van der Waals surface area contributed by atoms with Crippen molar-refractivity contribution in [1.82, 2.24) is 0 Å². The molecule has 0 unspecified atom stereocenters. The highest BCUT2D eigenvalue weighted by Gasteiger charge is 2.51. The zero-order chi connectivity index (χ0) is 42.4. The number of aliphatic hydroxyl groups is 6. The summed E-state index contributed by atoms with van der Waals surface area (Å²) < 4.78 is 32.0. The van der Waals surface area contributed by atoms with Gasteiger partial charge >= 0.3 is 0 Å². The molecular formula is C50H50O11. The minimum Gasteiger partial charge on any atom is -0.387 e. The van der Waals surface area contributed by atoms with E-state index in [0.717, 1.165) is 33.4 Å². The molecule has 11 heteroatoms. The van der Waals surface area contributed by atoms with E-state index in [1.807, 2.05) is 182 Å². The van der Waals surface area contributed by atoms with E-state index in [-0.39, 0.29) is 13.2 Å². The summed E-state index contributed by atoms with van der Waals surface area (Å²) in [6.07, 6.45) is -16.3. The minimum atomic E-state index is -1.82. The number of ether oxygens (including phenoxy) is 5. The van der Waals surface area contributed by atoms with Gasteiger partial charge in [0.15, 0.2) is 12.6 Å². The van der Waals surface area contributed by atoms with Crippen LogP contribution in [0.5, 0.6) is 0 Å². The molecule has 0 saturated carbocycles. The van der Waals surface area contributed by atoms with Crippen LogP contribution in [0.15, 0.2) is 182 Å². The fourth-order valence-electron chi connectivity index (χ4n) is 8.42. The van der Waals surface area contributed by atoms with E-state index in [2.05, 4.69) is 0 Å². The summed E-state index contributed by atoms with van der Waals surface area (Å²) in [5, 5.41) is 67.4. The van der Waals surface area contributed by atoms with Gasteiger partial charge in [0.25, 0.3) is 0 Å². The van der Waals surface area contributed by atoms with E-state index in [1.165, 1.54) is 0 Å². The molecule has 0 radical (unpaired) electrons. The first-order valence-corrected chi connectivity index (χ1v) is 20.4. The molecule has 10 atom stereocenters. The molecule has 8 rings (SSSR count). The average Bonchev–Trinajstić information content (AvgIpc) is 3.32. The topological polar surface area (TPSA) is 168 Å². The molecule has 6 aromatic carbocycles. The molecule has 316 valence electrons. The second-order valence-electron chi connectivity index (χ2n) is 15.3. The van der Waals surface area contributed by atoms with E-state index in [1.54, 1.807) is 0 Å². The lowest BCUT2D eigenvalue weighted by Crippen LogP contribution is -2.64. The first-order chi connectivity index (χ1) is 29.7. The Balaban J connectivity index is 1.05. The summed E-state index contributed by atoms with van der Waals surface area (Å²) in [6.45, 7) is -0.591. The standard InChI is InChI=1S/C50H50O11/c51-41-39(31-57-49(33-19-7-1-8-20-33,34-21-9-2-10-22-34)35-23-11-3-12-24-35)59-47(45(55)43(41)53)61-48-46(56)44(54)42(52)40(60-48)32-58-50(36-25-13-4-14-26-36,37-27-15-5-16-28-37)38-29-17-6-18-30-38/h1-30,39-48,51-56H,31-32H2/t39-,40-,41-,42-,43+,44+,45-,46-,47-,48-/m1/s1. The molecule has 0 bridgehead atoms. The summed E-state index contributed by atoms with van der Waals surface area (Å²) in [4.78, 5) is 0. The summed E-state index contributed by atoms with van der Waals surface area (Å²) in [7, 11) is 0. The molecule has 2 heterocycles. The third kappa shape index (κ3) is 8.44. The van der Waals surface area contributed by atoms with Crippen LogP contribution in [0.2, 0.25) is 0 Å². The van der Waals surface area contributed by atoms with Crippen molar-refractivity contribution in [2.75, 3.05) is 13.2 Å². The molecule has 2 saturated heterocycles. The number of rotatable bonds is 14. The van der Waals surface area contributed by atoms with Gasteiger partial charge in [-0.2, -0.15) is 0 Å². The van der Waals surface area contributed by atoms with Crippen LogP contribution < -0.4 is 0 Å². The minimum absolute atomic E-state index is 0.296. The average molecular weight is 827 g/mol. The number of hydrogen-bond donors (Lipinski definition) is 6. The van der Waals surface area contributed by atoms with Crippen LogP contribution in [-0.2, 0) is 34.9 Å². The quantitative estimate of drug-likeness (QED) is 0.0848. The predicted octanol–water partition coefficient (Wildman–Crippen LogP) is 4.64. The Kier molecular flexibility index (Phi) is 13.2. The second-order valence-corrected chi connectivity index (χ2v) is 15.3. The lowest BCUT2D eigenvalue weighted by Gasteiger charge is -2.46. The Labute approximate surface area is 354 Å². The molecule has 61 heavy (non-hydrogen) atoms. The maximum atomic E-state index is 11.3. The predicted molar refractivity (Wildman–Crippen MR) is 225 cm³/mol. The van der Waals surface area contributed by atoms with Gasteiger partial charge < -0.3 is 54.3 Å². The van der Waals surface area contributed by atoms with Crippen molar-refractivity contribution in [2.45, 2.75) is 72.6 Å². The highest BCUT2D eigenvalue weighted by Crippen LogP contribution is 2.43. The number of aliphatic hydroxyl groups excluding tert-OH is 6.